The molecular weight excluding hydrogens is 488 g/mol. The maximum absolute atomic E-state index is 13.2. The molecule has 9 nitrogen and oxygen atoms in total. The Balaban J connectivity index is 1.15. The molecule has 1 amide bonds. The first-order valence-corrected chi connectivity index (χ1v) is 13.7. The van der Waals surface area contributed by atoms with Crippen LogP contribution < -0.4 is 21.7 Å². The first-order chi connectivity index (χ1) is 17.5. The molecule has 2 fully saturated rings. The molecule has 10 heteroatoms. The number of ether oxygens (including phenoxy) is 2. The van der Waals surface area contributed by atoms with E-state index >= 15 is 0 Å². The van der Waals surface area contributed by atoms with Crippen LogP contribution in [0.2, 0.25) is 0 Å². The zero-order valence-electron chi connectivity index (χ0n) is 21.8. The van der Waals surface area contributed by atoms with Crippen molar-refractivity contribution in [1.82, 2.24) is 15.3 Å². The number of aromatic nitrogens is 2. The van der Waals surface area contributed by atoms with Gasteiger partial charge in [-0.25, -0.2) is 9.97 Å². The summed E-state index contributed by atoms with van der Waals surface area (Å²) in [7, 11) is 0. The quantitative estimate of drug-likeness (QED) is 0.479. The van der Waals surface area contributed by atoms with Gasteiger partial charge in [0.05, 0.1) is 30.5 Å². The Morgan fingerprint density at radius 2 is 2.08 bits per heavy atom. The number of aryl methyl sites for hydroxylation is 3. The lowest BCUT2D eigenvalue weighted by atomic mass is 9.91. The van der Waals surface area contributed by atoms with Gasteiger partial charge in [0.25, 0.3) is 5.91 Å². The van der Waals surface area contributed by atoms with Crippen molar-refractivity contribution in [3.63, 3.8) is 0 Å². The molecule has 5 heterocycles. The number of hydrogen-bond acceptors (Lipinski definition) is 9. The second kappa shape index (κ2) is 8.62. The molecule has 3 unspecified atom stereocenters. The number of carbonyl (C=O) groups is 1. The number of amides is 1. The molecule has 0 bridgehead atoms. The zero-order valence-corrected chi connectivity index (χ0v) is 22.6. The lowest BCUT2D eigenvalue weighted by Crippen LogP contribution is -2.49. The fraction of sp³-hybridized carbons (Fsp3) is 0.519. The van der Waals surface area contributed by atoms with Crippen LogP contribution in [0.3, 0.4) is 0 Å². The van der Waals surface area contributed by atoms with E-state index in [0.29, 0.717) is 30.3 Å². The summed E-state index contributed by atoms with van der Waals surface area (Å²) in [5.41, 5.74) is 17.2. The Morgan fingerprint density at radius 1 is 1.27 bits per heavy atom. The van der Waals surface area contributed by atoms with Crippen LogP contribution in [0.1, 0.15) is 52.5 Å². The summed E-state index contributed by atoms with van der Waals surface area (Å²) in [6.07, 6.45) is 2.35. The first kappa shape index (κ1) is 24.5. The van der Waals surface area contributed by atoms with Gasteiger partial charge in [0, 0.05) is 29.4 Å². The third kappa shape index (κ3) is 4.25. The minimum absolute atomic E-state index is 0.0269. The molecule has 3 aromatic heterocycles. The lowest BCUT2D eigenvalue weighted by molar-refractivity contribution is -0.173. The maximum Gasteiger partial charge on any atom is 0.263 e. The van der Waals surface area contributed by atoms with Gasteiger partial charge in [0.15, 0.2) is 0 Å². The SMILES string of the molecule is Cc1cc(C)c2c(N)c(C(=O)NC3CCc4nc(N5CC(N)C6(C5)OCC(C)(C)O6)ccc4C3)sc2n1. The molecule has 2 aliphatic heterocycles. The second-order valence-electron chi connectivity index (χ2n) is 11.2. The molecule has 0 saturated carbocycles. The number of carbonyl (C=O) groups excluding carboxylic acids is 1. The minimum atomic E-state index is -0.780. The van der Waals surface area contributed by atoms with Gasteiger partial charge in [0.1, 0.15) is 15.5 Å². The summed E-state index contributed by atoms with van der Waals surface area (Å²) in [5.74, 6) is -0.0226. The molecule has 0 aromatic carbocycles. The van der Waals surface area contributed by atoms with Crippen molar-refractivity contribution in [2.24, 2.45) is 5.73 Å². The van der Waals surface area contributed by atoms with E-state index in [2.05, 4.69) is 21.3 Å². The number of pyridine rings is 2. The number of nitrogens with two attached hydrogens (primary N) is 2. The number of anilines is 2. The average Bonchev–Trinajstić information content (AvgIpc) is 3.45. The van der Waals surface area contributed by atoms with Gasteiger partial charge in [-0.2, -0.15) is 0 Å². The molecule has 3 atom stereocenters. The summed E-state index contributed by atoms with van der Waals surface area (Å²) in [4.78, 5) is 26.2. The van der Waals surface area contributed by atoms with Gasteiger partial charge in [-0.1, -0.05) is 6.07 Å². The average molecular weight is 523 g/mol. The summed E-state index contributed by atoms with van der Waals surface area (Å²) < 4.78 is 12.3. The van der Waals surface area contributed by atoms with E-state index in [1.54, 1.807) is 0 Å². The van der Waals surface area contributed by atoms with Crippen LogP contribution in [0.4, 0.5) is 11.5 Å². The maximum atomic E-state index is 13.2. The highest BCUT2D eigenvalue weighted by Gasteiger charge is 2.55. The molecule has 3 aliphatic rings. The lowest BCUT2D eigenvalue weighted by Gasteiger charge is -2.28. The van der Waals surface area contributed by atoms with Gasteiger partial charge in [0.2, 0.25) is 5.79 Å². The van der Waals surface area contributed by atoms with Crippen molar-refractivity contribution in [2.45, 2.75) is 70.4 Å². The predicted octanol–water partition coefficient (Wildman–Crippen LogP) is 2.85. The van der Waals surface area contributed by atoms with Gasteiger partial charge in [-0.05, 0) is 70.2 Å². The Bertz CT molecular complexity index is 1400. The molecule has 0 radical (unpaired) electrons. The number of hydrogen-bond donors (Lipinski definition) is 3. The summed E-state index contributed by atoms with van der Waals surface area (Å²) in [6.45, 7) is 9.73. The molecule has 6 rings (SSSR count). The van der Waals surface area contributed by atoms with Crippen LogP contribution in [0.25, 0.3) is 10.2 Å². The van der Waals surface area contributed by atoms with Crippen LogP contribution in [-0.4, -0.2) is 59.0 Å². The number of nitrogens with zero attached hydrogens (tertiary/aromatic N) is 3. The van der Waals surface area contributed by atoms with Crippen LogP contribution in [0.15, 0.2) is 18.2 Å². The van der Waals surface area contributed by atoms with Crippen molar-refractivity contribution in [3.05, 3.63) is 45.6 Å². The van der Waals surface area contributed by atoms with E-state index in [9.17, 15) is 4.79 Å². The molecule has 1 aliphatic carbocycles. The van der Waals surface area contributed by atoms with Crippen LogP contribution in [-0.2, 0) is 22.3 Å². The van der Waals surface area contributed by atoms with Gasteiger partial charge >= 0.3 is 0 Å². The summed E-state index contributed by atoms with van der Waals surface area (Å²) >= 11 is 1.36. The van der Waals surface area contributed by atoms with E-state index in [0.717, 1.165) is 57.8 Å². The van der Waals surface area contributed by atoms with Gasteiger partial charge < -0.3 is 31.2 Å². The van der Waals surface area contributed by atoms with Crippen LogP contribution in [0, 0.1) is 13.8 Å². The van der Waals surface area contributed by atoms with Crippen molar-refractivity contribution in [1.29, 1.82) is 0 Å². The molecule has 5 N–H and O–H groups in total. The third-order valence-corrected chi connectivity index (χ3v) is 8.74. The van der Waals surface area contributed by atoms with Gasteiger partial charge in [-0.3, -0.25) is 4.79 Å². The zero-order chi connectivity index (χ0) is 26.1. The highest BCUT2D eigenvalue weighted by molar-refractivity contribution is 7.21. The standard InChI is InChI=1S/C27H34N6O3S/c1-14-9-15(2)30-25-21(14)22(29)23(37-25)24(34)31-17-6-7-18-16(10-17)5-8-20(32-18)33-11-19(28)27(12-33)35-13-26(3,4)36-27/h5,8-9,17,19H,6-7,10-13,28-29H2,1-4H3,(H,31,34). The number of nitrogen functional groups attached to an aromatic ring is 1. The smallest absolute Gasteiger partial charge is 0.263 e. The number of nitrogens with one attached hydrogen (secondary N) is 1. The summed E-state index contributed by atoms with van der Waals surface area (Å²) in [5, 5.41) is 4.09. The van der Waals surface area contributed by atoms with E-state index in [1.807, 2.05) is 39.8 Å². The van der Waals surface area contributed by atoms with E-state index in [4.69, 9.17) is 25.9 Å². The third-order valence-electron chi connectivity index (χ3n) is 7.65. The first-order valence-electron chi connectivity index (χ1n) is 12.8. The van der Waals surface area contributed by atoms with Crippen LogP contribution >= 0.6 is 11.3 Å². The second-order valence-corrected chi connectivity index (χ2v) is 12.2. The van der Waals surface area contributed by atoms with E-state index < -0.39 is 5.79 Å². The highest BCUT2D eigenvalue weighted by atomic mass is 32.1. The number of fused-ring (bicyclic) bond motifs is 2. The van der Waals surface area contributed by atoms with Crippen molar-refractivity contribution >= 4 is 39.0 Å². The molecule has 3 aromatic rings. The molecule has 2 saturated heterocycles. The Kier molecular flexibility index (Phi) is 5.72. The Hall–Kier alpha value is -2.79. The monoisotopic (exact) mass is 522 g/mol. The van der Waals surface area contributed by atoms with Crippen molar-refractivity contribution < 1.29 is 14.3 Å². The predicted molar refractivity (Wildman–Crippen MR) is 145 cm³/mol. The highest BCUT2D eigenvalue weighted by Crippen LogP contribution is 2.39. The Labute approximate surface area is 220 Å². The molecule has 37 heavy (non-hydrogen) atoms. The number of rotatable bonds is 3. The normalized spacial score (nSPS) is 26.7. The molecule has 1 spiro atoms. The van der Waals surface area contributed by atoms with Gasteiger partial charge in [-0.15, -0.1) is 11.3 Å². The fourth-order valence-electron chi connectivity index (χ4n) is 5.87. The topological polar surface area (TPSA) is 129 Å². The van der Waals surface area contributed by atoms with Crippen LogP contribution in [0.5, 0.6) is 0 Å². The number of thiophene rings is 1. The largest absolute Gasteiger partial charge is 0.397 e. The van der Waals surface area contributed by atoms with E-state index in [-0.39, 0.29) is 23.6 Å². The van der Waals surface area contributed by atoms with Crippen molar-refractivity contribution in [3.8, 4) is 0 Å². The Morgan fingerprint density at radius 3 is 2.84 bits per heavy atom. The molecule has 196 valence electrons. The van der Waals surface area contributed by atoms with E-state index in [1.165, 1.54) is 11.3 Å². The molecular formula is C27H34N6O3S. The summed E-state index contributed by atoms with van der Waals surface area (Å²) in [6, 6.07) is 5.94. The fourth-order valence-corrected chi connectivity index (χ4v) is 6.99. The minimum Gasteiger partial charge on any atom is -0.397 e. The van der Waals surface area contributed by atoms with Crippen molar-refractivity contribution in [2.75, 3.05) is 30.3 Å².